The van der Waals surface area contributed by atoms with Crippen molar-refractivity contribution in [2.75, 3.05) is 13.2 Å². The number of carbonyl (C=O) groups excluding carboxylic acids is 1. The van der Waals surface area contributed by atoms with Gasteiger partial charge in [0.05, 0.1) is 0 Å². The molecule has 0 aromatic heterocycles. The quantitative estimate of drug-likeness (QED) is 0.790. The molecule has 0 aromatic carbocycles. The van der Waals surface area contributed by atoms with Gasteiger partial charge in [-0.1, -0.05) is 0 Å². The highest BCUT2D eigenvalue weighted by Crippen LogP contribution is 2.60. The van der Waals surface area contributed by atoms with Gasteiger partial charge in [-0.15, -0.1) is 0 Å². The molecule has 0 aromatic rings. The molecular formula is C15H21FO5. The highest BCUT2D eigenvalue weighted by Gasteiger charge is 2.51. The normalized spacial score (nSPS) is 38.0. The van der Waals surface area contributed by atoms with Crippen LogP contribution in [0.5, 0.6) is 0 Å². The van der Waals surface area contributed by atoms with Crippen LogP contribution in [-0.2, 0) is 14.3 Å². The van der Waals surface area contributed by atoms with Crippen molar-refractivity contribution >= 4 is 12.1 Å². The predicted octanol–water partition coefficient (Wildman–Crippen LogP) is 2.78. The molecule has 0 amide bonds. The van der Waals surface area contributed by atoms with Gasteiger partial charge in [0, 0.05) is 5.41 Å². The second-order valence-corrected chi connectivity index (χ2v) is 7.07. The molecule has 0 saturated heterocycles. The first-order valence-electron chi connectivity index (χ1n) is 7.62. The molecule has 4 fully saturated rings. The van der Waals surface area contributed by atoms with Crippen LogP contribution in [0.25, 0.3) is 0 Å². The summed E-state index contributed by atoms with van der Waals surface area (Å²) in [6, 6.07) is 0. The van der Waals surface area contributed by atoms with E-state index in [1.54, 1.807) is 0 Å². The van der Waals surface area contributed by atoms with E-state index in [0.717, 1.165) is 37.0 Å². The molecule has 4 aliphatic rings. The molecule has 4 saturated carbocycles. The lowest BCUT2D eigenvalue weighted by Gasteiger charge is -2.56. The van der Waals surface area contributed by atoms with E-state index in [2.05, 4.69) is 4.74 Å². The van der Waals surface area contributed by atoms with E-state index in [0.29, 0.717) is 6.61 Å². The lowest BCUT2D eigenvalue weighted by molar-refractivity contribution is -0.144. The van der Waals surface area contributed by atoms with Crippen molar-refractivity contribution in [2.24, 2.45) is 23.2 Å². The smallest absolute Gasteiger partial charge is 0.479 e. The fourth-order valence-electron chi connectivity index (χ4n) is 4.93. The molecule has 21 heavy (non-hydrogen) atoms. The van der Waals surface area contributed by atoms with Gasteiger partial charge < -0.3 is 14.6 Å². The Morgan fingerprint density at radius 1 is 1.10 bits per heavy atom. The van der Waals surface area contributed by atoms with E-state index < -0.39 is 24.9 Å². The molecule has 0 radical (unpaired) electrons. The molecular weight excluding hydrogens is 279 g/mol. The summed E-state index contributed by atoms with van der Waals surface area (Å²) in [4.78, 5) is 21.8. The van der Waals surface area contributed by atoms with Crippen LogP contribution in [0.2, 0.25) is 0 Å². The van der Waals surface area contributed by atoms with Gasteiger partial charge in [0.2, 0.25) is 6.17 Å². The first-order chi connectivity index (χ1) is 9.96. The summed E-state index contributed by atoms with van der Waals surface area (Å²) in [5.74, 6) is 0.651. The van der Waals surface area contributed by atoms with Crippen molar-refractivity contribution in [3.63, 3.8) is 0 Å². The van der Waals surface area contributed by atoms with Gasteiger partial charge in [-0.2, -0.15) is 0 Å². The van der Waals surface area contributed by atoms with Gasteiger partial charge in [0.25, 0.3) is 0 Å². The van der Waals surface area contributed by atoms with E-state index in [4.69, 9.17) is 9.84 Å². The summed E-state index contributed by atoms with van der Waals surface area (Å²) in [6.45, 7) is -0.478. The fourth-order valence-corrected chi connectivity index (χ4v) is 4.93. The van der Waals surface area contributed by atoms with E-state index >= 15 is 0 Å². The lowest BCUT2D eigenvalue weighted by atomic mass is 9.50. The minimum atomic E-state index is -2.20. The molecule has 5 nitrogen and oxygen atoms in total. The van der Waals surface area contributed by atoms with Crippen LogP contribution in [0.4, 0.5) is 9.18 Å². The zero-order chi connectivity index (χ0) is 15.0. The van der Waals surface area contributed by atoms with Crippen LogP contribution in [0, 0.1) is 23.2 Å². The molecule has 0 spiro atoms. The zero-order valence-electron chi connectivity index (χ0n) is 11.9. The summed E-state index contributed by atoms with van der Waals surface area (Å²) in [5.41, 5.74) is 0.0791. The Hall–Kier alpha value is -1.33. The lowest BCUT2D eigenvalue weighted by Crippen LogP contribution is -2.48. The van der Waals surface area contributed by atoms with Crippen molar-refractivity contribution in [1.29, 1.82) is 0 Å². The van der Waals surface area contributed by atoms with Crippen LogP contribution in [0.1, 0.15) is 38.5 Å². The molecule has 4 aliphatic carbocycles. The Bertz CT molecular complexity index is 400. The molecule has 1 atom stereocenters. The summed E-state index contributed by atoms with van der Waals surface area (Å²) >= 11 is 0. The zero-order valence-corrected chi connectivity index (χ0v) is 11.9. The van der Waals surface area contributed by atoms with Crippen LogP contribution >= 0.6 is 0 Å². The third kappa shape index (κ3) is 3.14. The highest BCUT2D eigenvalue weighted by molar-refractivity contribution is 5.72. The number of alkyl halides is 1. The van der Waals surface area contributed by atoms with Crippen LogP contribution < -0.4 is 0 Å². The third-order valence-electron chi connectivity index (χ3n) is 5.28. The maximum absolute atomic E-state index is 12.8. The van der Waals surface area contributed by atoms with Gasteiger partial charge >= 0.3 is 12.1 Å². The molecule has 4 rings (SSSR count). The molecule has 0 aliphatic heterocycles. The first-order valence-corrected chi connectivity index (χ1v) is 7.62. The monoisotopic (exact) mass is 300 g/mol. The Morgan fingerprint density at radius 2 is 1.62 bits per heavy atom. The Labute approximate surface area is 122 Å². The standard InChI is InChI=1S/C15H21FO5/c16-12(13(17)18)7-20-14(19)21-8-15-4-9-1-10(5-15)3-11(2-9)6-15/h9-12H,1-8H2,(H,17,18). The number of halogens is 1. The third-order valence-corrected chi connectivity index (χ3v) is 5.28. The number of carbonyl (C=O) groups is 2. The number of carboxylic acid groups (broad SMARTS) is 1. The molecule has 6 heteroatoms. The molecule has 4 bridgehead atoms. The van der Waals surface area contributed by atoms with Crippen molar-refractivity contribution < 1.29 is 28.6 Å². The Kier molecular flexibility index (Phi) is 3.80. The second-order valence-electron chi connectivity index (χ2n) is 7.07. The van der Waals surface area contributed by atoms with E-state index in [1.165, 1.54) is 19.3 Å². The summed E-state index contributed by atoms with van der Waals surface area (Å²) in [7, 11) is 0. The van der Waals surface area contributed by atoms with Crippen LogP contribution in [0.3, 0.4) is 0 Å². The highest BCUT2D eigenvalue weighted by atomic mass is 19.1. The van der Waals surface area contributed by atoms with Crippen LogP contribution in [0.15, 0.2) is 0 Å². The summed E-state index contributed by atoms with van der Waals surface area (Å²) in [6.07, 6.45) is 4.09. The van der Waals surface area contributed by atoms with Crippen molar-refractivity contribution in [3.05, 3.63) is 0 Å². The average Bonchev–Trinajstić information content (AvgIpc) is 2.41. The van der Waals surface area contributed by atoms with Gasteiger partial charge in [0.15, 0.2) is 0 Å². The molecule has 1 N–H and O–H groups in total. The number of hydrogen-bond acceptors (Lipinski definition) is 4. The molecule has 118 valence electrons. The van der Waals surface area contributed by atoms with Gasteiger partial charge in [-0.3, -0.25) is 0 Å². The van der Waals surface area contributed by atoms with Crippen molar-refractivity contribution in [3.8, 4) is 0 Å². The van der Waals surface area contributed by atoms with Crippen molar-refractivity contribution in [2.45, 2.75) is 44.7 Å². The van der Waals surface area contributed by atoms with Gasteiger partial charge in [-0.05, 0) is 56.3 Å². The maximum Gasteiger partial charge on any atom is 0.508 e. The molecule has 0 heterocycles. The summed E-state index contributed by atoms with van der Waals surface area (Å²) < 4.78 is 22.5. The van der Waals surface area contributed by atoms with Crippen LogP contribution in [-0.4, -0.2) is 36.6 Å². The number of ether oxygens (including phenoxy) is 2. The SMILES string of the molecule is O=C(OCC(F)C(=O)O)OCC12CC3CC(CC(C3)C1)C2. The number of rotatable bonds is 5. The van der Waals surface area contributed by atoms with Gasteiger partial charge in [0.1, 0.15) is 13.2 Å². The Balaban J connectivity index is 1.47. The topological polar surface area (TPSA) is 72.8 Å². The summed E-state index contributed by atoms with van der Waals surface area (Å²) in [5, 5.41) is 8.37. The average molecular weight is 300 g/mol. The maximum atomic E-state index is 12.8. The molecule has 1 unspecified atom stereocenters. The number of carboxylic acids is 1. The fraction of sp³-hybridized carbons (Fsp3) is 0.867. The van der Waals surface area contributed by atoms with E-state index in [9.17, 15) is 14.0 Å². The minimum Gasteiger partial charge on any atom is -0.479 e. The number of hydrogen-bond donors (Lipinski definition) is 1. The van der Waals surface area contributed by atoms with E-state index in [1.807, 2.05) is 0 Å². The first kappa shape index (κ1) is 14.6. The largest absolute Gasteiger partial charge is 0.508 e. The van der Waals surface area contributed by atoms with Crippen molar-refractivity contribution in [1.82, 2.24) is 0 Å². The predicted molar refractivity (Wildman–Crippen MR) is 70.4 cm³/mol. The number of aliphatic carboxylic acids is 1. The minimum absolute atomic E-state index is 0.0791. The second kappa shape index (κ2) is 5.46. The Morgan fingerprint density at radius 3 is 2.10 bits per heavy atom. The van der Waals surface area contributed by atoms with Gasteiger partial charge in [-0.25, -0.2) is 14.0 Å². The van der Waals surface area contributed by atoms with E-state index in [-0.39, 0.29) is 5.41 Å².